The Hall–Kier alpha value is -2.00. The molecule has 0 aliphatic carbocycles. The third-order valence-electron chi connectivity index (χ3n) is 4.50. The number of ether oxygens (including phenoxy) is 1. The summed E-state index contributed by atoms with van der Waals surface area (Å²) >= 11 is 0. The molecule has 31 heavy (non-hydrogen) atoms. The van der Waals surface area contributed by atoms with E-state index in [0.29, 0.717) is 11.8 Å². The molecule has 4 aromatic rings. The molecule has 0 unspecified atom stereocenters. The minimum absolute atomic E-state index is 0. The highest BCUT2D eigenvalue weighted by Gasteiger charge is 2.08. The number of hydrogen-bond acceptors (Lipinski definition) is 3. The number of aryl methyl sites for hydroxylation is 2. The molecule has 0 amide bonds. The van der Waals surface area contributed by atoms with E-state index in [1.54, 1.807) is 0 Å². The normalized spacial score (nSPS) is 9.42. The first-order valence-electron chi connectivity index (χ1n) is 9.95. The molecule has 0 N–H and O–H groups in total. The van der Waals surface area contributed by atoms with Crippen LogP contribution in [0.15, 0.2) is 84.9 Å². The fourth-order valence-corrected chi connectivity index (χ4v) is 3.07. The number of halogens is 2. The zero-order valence-electron chi connectivity index (χ0n) is 18.2. The van der Waals surface area contributed by atoms with E-state index < -0.39 is 0 Å². The Bertz CT molecular complexity index is 1010. The van der Waals surface area contributed by atoms with Crippen LogP contribution in [0, 0.1) is 13.8 Å². The summed E-state index contributed by atoms with van der Waals surface area (Å²) in [6.45, 7) is 8.16. The lowest BCUT2D eigenvalue weighted by molar-refractivity contribution is 0.446. The Balaban J connectivity index is 0.00000117. The SMILES string of the molecule is CC.Cc1ccccc1-c1cccc(Oc2cccc(-c3ccccc3C)n2)n1.I.I. The smallest absolute Gasteiger partial charge is 0.221 e. The molecular weight excluding hydrogens is 610 g/mol. The summed E-state index contributed by atoms with van der Waals surface area (Å²) in [4.78, 5) is 9.31. The molecule has 0 aliphatic rings. The van der Waals surface area contributed by atoms with Gasteiger partial charge in [0, 0.05) is 23.3 Å². The third-order valence-corrected chi connectivity index (χ3v) is 4.50. The molecular formula is C26H28I2N2O. The standard InChI is InChI=1S/C24H20N2O.C2H6.2HI/c1-17-9-3-5-11-19(17)21-13-7-15-23(25-21)27-24-16-8-14-22(26-24)20-12-6-4-10-18(20)2;1-2;;/h3-16H,1-2H3;1-2H3;2*1H. The largest absolute Gasteiger partial charge is 0.421 e. The Labute approximate surface area is 219 Å². The fourth-order valence-electron chi connectivity index (χ4n) is 3.07. The number of hydrogen-bond donors (Lipinski definition) is 0. The summed E-state index contributed by atoms with van der Waals surface area (Å²) in [5, 5.41) is 0. The average molecular weight is 638 g/mol. The second-order valence-electron chi connectivity index (χ2n) is 6.45. The first-order valence-corrected chi connectivity index (χ1v) is 9.95. The van der Waals surface area contributed by atoms with Gasteiger partial charge in [0.2, 0.25) is 11.8 Å². The van der Waals surface area contributed by atoms with Gasteiger partial charge in [-0.2, -0.15) is 0 Å². The van der Waals surface area contributed by atoms with Gasteiger partial charge in [-0.15, -0.1) is 48.0 Å². The summed E-state index contributed by atoms with van der Waals surface area (Å²) < 4.78 is 5.96. The summed E-state index contributed by atoms with van der Waals surface area (Å²) in [5.74, 6) is 1.07. The maximum absolute atomic E-state index is 5.96. The zero-order chi connectivity index (χ0) is 20.6. The Morgan fingerprint density at radius 2 is 0.903 bits per heavy atom. The second kappa shape index (κ2) is 13.4. The average Bonchev–Trinajstić information content (AvgIpc) is 2.76. The molecule has 0 atom stereocenters. The lowest BCUT2D eigenvalue weighted by Crippen LogP contribution is -1.94. The Morgan fingerprint density at radius 3 is 1.29 bits per heavy atom. The van der Waals surface area contributed by atoms with Crippen LogP contribution in [-0.2, 0) is 0 Å². The van der Waals surface area contributed by atoms with Gasteiger partial charge in [-0.05, 0) is 37.1 Å². The molecule has 0 aliphatic heterocycles. The number of pyridine rings is 2. The van der Waals surface area contributed by atoms with Crippen molar-refractivity contribution in [2.75, 3.05) is 0 Å². The molecule has 2 aromatic heterocycles. The van der Waals surface area contributed by atoms with E-state index in [1.807, 2.05) is 74.5 Å². The molecule has 3 nitrogen and oxygen atoms in total. The van der Waals surface area contributed by atoms with Crippen molar-refractivity contribution in [1.29, 1.82) is 0 Å². The van der Waals surface area contributed by atoms with Crippen LogP contribution in [0.5, 0.6) is 11.8 Å². The molecule has 162 valence electrons. The first-order chi connectivity index (χ1) is 14.2. The monoisotopic (exact) mass is 638 g/mol. The molecule has 2 aromatic carbocycles. The summed E-state index contributed by atoms with van der Waals surface area (Å²) in [6, 6.07) is 28.0. The molecule has 0 radical (unpaired) electrons. The van der Waals surface area contributed by atoms with Crippen molar-refractivity contribution in [2.45, 2.75) is 27.7 Å². The number of benzene rings is 2. The van der Waals surface area contributed by atoms with E-state index in [4.69, 9.17) is 4.74 Å². The van der Waals surface area contributed by atoms with Gasteiger partial charge in [0.25, 0.3) is 0 Å². The van der Waals surface area contributed by atoms with E-state index in [-0.39, 0.29) is 48.0 Å². The van der Waals surface area contributed by atoms with Gasteiger partial charge < -0.3 is 4.74 Å². The van der Waals surface area contributed by atoms with Crippen molar-refractivity contribution < 1.29 is 4.74 Å². The van der Waals surface area contributed by atoms with Crippen molar-refractivity contribution in [3.8, 4) is 34.3 Å². The van der Waals surface area contributed by atoms with Crippen molar-refractivity contribution in [3.05, 3.63) is 96.1 Å². The topological polar surface area (TPSA) is 35.0 Å². The van der Waals surface area contributed by atoms with E-state index in [0.717, 1.165) is 22.5 Å². The molecule has 2 heterocycles. The third kappa shape index (κ3) is 7.00. The van der Waals surface area contributed by atoms with Gasteiger partial charge in [0.15, 0.2) is 0 Å². The molecule has 0 saturated heterocycles. The van der Waals surface area contributed by atoms with Crippen LogP contribution in [0.4, 0.5) is 0 Å². The van der Waals surface area contributed by atoms with E-state index in [1.165, 1.54) is 11.1 Å². The van der Waals surface area contributed by atoms with Crippen LogP contribution in [0.2, 0.25) is 0 Å². The minimum Gasteiger partial charge on any atom is -0.421 e. The van der Waals surface area contributed by atoms with Gasteiger partial charge in [0.1, 0.15) is 0 Å². The lowest BCUT2D eigenvalue weighted by Gasteiger charge is -2.10. The highest BCUT2D eigenvalue weighted by Crippen LogP contribution is 2.27. The number of rotatable bonds is 4. The maximum Gasteiger partial charge on any atom is 0.221 e. The highest BCUT2D eigenvalue weighted by atomic mass is 127. The first kappa shape index (κ1) is 27.0. The fraction of sp³-hybridized carbons (Fsp3) is 0.154. The molecule has 0 spiro atoms. The van der Waals surface area contributed by atoms with Crippen LogP contribution >= 0.6 is 48.0 Å². The van der Waals surface area contributed by atoms with Gasteiger partial charge in [-0.25, -0.2) is 9.97 Å². The van der Waals surface area contributed by atoms with Crippen molar-refractivity contribution in [1.82, 2.24) is 9.97 Å². The molecule has 0 saturated carbocycles. The van der Waals surface area contributed by atoms with Crippen molar-refractivity contribution in [3.63, 3.8) is 0 Å². The molecule has 4 rings (SSSR count). The van der Waals surface area contributed by atoms with Gasteiger partial charge in [0.05, 0.1) is 11.4 Å². The predicted octanol–water partition coefficient (Wildman–Crippen LogP) is 8.48. The van der Waals surface area contributed by atoms with E-state index in [2.05, 4.69) is 48.1 Å². The number of aromatic nitrogens is 2. The highest BCUT2D eigenvalue weighted by molar-refractivity contribution is 14.0. The van der Waals surface area contributed by atoms with Crippen LogP contribution in [-0.4, -0.2) is 9.97 Å². The lowest BCUT2D eigenvalue weighted by atomic mass is 10.1. The van der Waals surface area contributed by atoms with Crippen molar-refractivity contribution >= 4 is 48.0 Å². The maximum atomic E-state index is 5.96. The van der Waals surface area contributed by atoms with Gasteiger partial charge in [-0.3, -0.25) is 0 Å². The quantitative estimate of drug-likeness (QED) is 0.211. The minimum atomic E-state index is 0. The zero-order valence-corrected chi connectivity index (χ0v) is 22.9. The van der Waals surface area contributed by atoms with E-state index in [9.17, 15) is 0 Å². The molecule has 5 heteroatoms. The predicted molar refractivity (Wildman–Crippen MR) is 151 cm³/mol. The van der Waals surface area contributed by atoms with Crippen LogP contribution in [0.25, 0.3) is 22.5 Å². The molecule has 0 fully saturated rings. The Kier molecular flexibility index (Phi) is 11.7. The number of nitrogens with zero attached hydrogens (tertiary/aromatic N) is 2. The second-order valence-corrected chi connectivity index (χ2v) is 6.45. The van der Waals surface area contributed by atoms with Gasteiger partial charge in [-0.1, -0.05) is 74.5 Å². The van der Waals surface area contributed by atoms with Crippen LogP contribution in [0.1, 0.15) is 25.0 Å². The van der Waals surface area contributed by atoms with Crippen LogP contribution in [0.3, 0.4) is 0 Å². The van der Waals surface area contributed by atoms with Crippen LogP contribution < -0.4 is 4.74 Å². The molecule has 0 bridgehead atoms. The Morgan fingerprint density at radius 1 is 0.516 bits per heavy atom. The van der Waals surface area contributed by atoms with Gasteiger partial charge >= 0.3 is 0 Å². The summed E-state index contributed by atoms with van der Waals surface area (Å²) in [6.07, 6.45) is 0. The summed E-state index contributed by atoms with van der Waals surface area (Å²) in [5.41, 5.74) is 6.35. The van der Waals surface area contributed by atoms with Crippen molar-refractivity contribution in [2.24, 2.45) is 0 Å². The van der Waals surface area contributed by atoms with E-state index >= 15 is 0 Å². The summed E-state index contributed by atoms with van der Waals surface area (Å²) in [7, 11) is 0.